The monoisotopic (exact) mass is 423 g/mol. The van der Waals surface area contributed by atoms with E-state index < -0.39 is 5.91 Å². The molecule has 0 saturated carbocycles. The van der Waals surface area contributed by atoms with Gasteiger partial charge in [0, 0.05) is 31.8 Å². The van der Waals surface area contributed by atoms with Gasteiger partial charge >= 0.3 is 0 Å². The lowest BCUT2D eigenvalue weighted by Crippen LogP contribution is -2.41. The first-order valence-corrected chi connectivity index (χ1v) is 9.80. The molecule has 1 N–H and O–H groups in total. The first-order chi connectivity index (χ1) is 15.1. The fourth-order valence-corrected chi connectivity index (χ4v) is 2.98. The Labute approximate surface area is 180 Å². The molecule has 0 unspecified atom stereocenters. The van der Waals surface area contributed by atoms with Crippen molar-refractivity contribution in [3.05, 3.63) is 71.9 Å². The molecule has 0 fully saturated rings. The predicted octanol–water partition coefficient (Wildman–Crippen LogP) is 2.76. The molecule has 0 atom stereocenters. The van der Waals surface area contributed by atoms with Crippen molar-refractivity contribution in [2.75, 3.05) is 33.9 Å². The average Bonchev–Trinajstić information content (AvgIpc) is 3.29. The van der Waals surface area contributed by atoms with Crippen molar-refractivity contribution >= 4 is 11.8 Å². The van der Waals surface area contributed by atoms with Crippen LogP contribution < -0.4 is 10.1 Å². The van der Waals surface area contributed by atoms with Gasteiger partial charge in [-0.15, -0.1) is 0 Å². The molecule has 0 bridgehead atoms. The van der Waals surface area contributed by atoms with E-state index in [9.17, 15) is 9.59 Å². The van der Waals surface area contributed by atoms with Crippen LogP contribution in [0.4, 0.5) is 0 Å². The van der Waals surface area contributed by atoms with Gasteiger partial charge in [-0.2, -0.15) is 0 Å². The highest BCUT2D eigenvalue weighted by atomic mass is 16.5. The van der Waals surface area contributed by atoms with Gasteiger partial charge in [0.05, 0.1) is 13.7 Å². The van der Waals surface area contributed by atoms with E-state index in [1.807, 2.05) is 48.5 Å². The highest BCUT2D eigenvalue weighted by molar-refractivity contribution is 5.95. The number of hydrogen-bond acceptors (Lipinski definition) is 6. The molecule has 0 radical (unpaired) electrons. The van der Waals surface area contributed by atoms with E-state index in [0.717, 1.165) is 11.1 Å². The van der Waals surface area contributed by atoms with Crippen LogP contribution in [0, 0.1) is 0 Å². The third-order valence-corrected chi connectivity index (χ3v) is 4.55. The lowest BCUT2D eigenvalue weighted by atomic mass is 10.1. The molecule has 3 rings (SSSR count). The first kappa shape index (κ1) is 22.0. The molecular formula is C23H25N3O5. The van der Waals surface area contributed by atoms with E-state index in [2.05, 4.69) is 10.5 Å². The molecule has 0 aliphatic carbocycles. The topological polar surface area (TPSA) is 93.9 Å². The quantitative estimate of drug-likeness (QED) is 0.504. The van der Waals surface area contributed by atoms with Crippen molar-refractivity contribution in [1.82, 2.24) is 15.4 Å². The van der Waals surface area contributed by atoms with Crippen molar-refractivity contribution < 1.29 is 23.6 Å². The maximum Gasteiger partial charge on any atom is 0.276 e. The minimum atomic E-state index is -0.399. The van der Waals surface area contributed by atoms with E-state index in [-0.39, 0.29) is 24.7 Å². The molecule has 1 aromatic heterocycles. The second kappa shape index (κ2) is 10.9. The number of rotatable bonds is 10. The maximum atomic E-state index is 13.2. The Balaban J connectivity index is 1.78. The molecule has 0 aliphatic rings. The number of amides is 2. The number of carbonyl (C=O) groups excluding carboxylic acids is 2. The summed E-state index contributed by atoms with van der Waals surface area (Å²) in [4.78, 5) is 26.9. The predicted molar refractivity (Wildman–Crippen MR) is 115 cm³/mol. The fraction of sp³-hybridized carbons (Fsp3) is 0.261. The van der Waals surface area contributed by atoms with Crippen LogP contribution in [0.2, 0.25) is 0 Å². The van der Waals surface area contributed by atoms with Gasteiger partial charge in [-0.05, 0) is 17.7 Å². The van der Waals surface area contributed by atoms with Crippen LogP contribution in [0.25, 0.3) is 11.3 Å². The van der Waals surface area contributed by atoms with E-state index >= 15 is 0 Å². The Morgan fingerprint density at radius 1 is 1.06 bits per heavy atom. The van der Waals surface area contributed by atoms with E-state index in [1.165, 1.54) is 4.90 Å². The zero-order valence-electron chi connectivity index (χ0n) is 17.5. The Hall–Kier alpha value is -3.65. The minimum absolute atomic E-state index is 0.112. The van der Waals surface area contributed by atoms with Gasteiger partial charge in [0.1, 0.15) is 12.3 Å². The van der Waals surface area contributed by atoms with Crippen LogP contribution >= 0.6 is 0 Å². The van der Waals surface area contributed by atoms with Gasteiger partial charge < -0.3 is 24.2 Å². The van der Waals surface area contributed by atoms with E-state index in [0.29, 0.717) is 24.7 Å². The summed E-state index contributed by atoms with van der Waals surface area (Å²) in [5, 5.41) is 6.67. The summed E-state index contributed by atoms with van der Waals surface area (Å²) < 4.78 is 15.6. The molecule has 8 heteroatoms. The molecule has 8 nitrogen and oxygen atoms in total. The number of methoxy groups -OCH3 is 2. The average molecular weight is 423 g/mol. The van der Waals surface area contributed by atoms with Crippen molar-refractivity contribution in [3.63, 3.8) is 0 Å². The molecule has 3 aromatic rings. The number of ether oxygens (including phenoxy) is 2. The second-order valence-corrected chi connectivity index (χ2v) is 6.80. The third-order valence-electron chi connectivity index (χ3n) is 4.55. The zero-order chi connectivity index (χ0) is 22.1. The van der Waals surface area contributed by atoms with Gasteiger partial charge in [0.15, 0.2) is 11.5 Å². The second-order valence-electron chi connectivity index (χ2n) is 6.80. The number of nitrogens with zero attached hydrogens (tertiary/aromatic N) is 2. The minimum Gasteiger partial charge on any atom is -0.497 e. The number of hydrogen-bond donors (Lipinski definition) is 1. The molecule has 31 heavy (non-hydrogen) atoms. The number of carbonyl (C=O) groups is 2. The first-order valence-electron chi connectivity index (χ1n) is 9.80. The van der Waals surface area contributed by atoms with Gasteiger partial charge in [0.25, 0.3) is 5.91 Å². The summed E-state index contributed by atoms with van der Waals surface area (Å²) in [6.07, 6.45) is 0. The normalized spacial score (nSPS) is 10.5. The zero-order valence-corrected chi connectivity index (χ0v) is 17.5. The largest absolute Gasteiger partial charge is 0.497 e. The SMILES string of the molecule is COCCNC(=O)CN(Cc1ccccc1)C(=O)c1cc(-c2cccc(OC)c2)on1. The van der Waals surface area contributed by atoms with E-state index in [4.69, 9.17) is 14.0 Å². The van der Waals surface area contributed by atoms with Gasteiger partial charge in [-0.3, -0.25) is 9.59 Å². The van der Waals surface area contributed by atoms with Crippen LogP contribution in [0.15, 0.2) is 65.2 Å². The lowest BCUT2D eigenvalue weighted by Gasteiger charge is -2.21. The molecule has 0 spiro atoms. The van der Waals surface area contributed by atoms with Crippen molar-refractivity contribution in [3.8, 4) is 17.1 Å². The van der Waals surface area contributed by atoms with E-state index in [1.54, 1.807) is 26.4 Å². The molecule has 2 amide bonds. The summed E-state index contributed by atoms with van der Waals surface area (Å²) >= 11 is 0. The van der Waals surface area contributed by atoms with Crippen molar-refractivity contribution in [1.29, 1.82) is 0 Å². The molecule has 0 aliphatic heterocycles. The maximum absolute atomic E-state index is 13.2. The number of aromatic nitrogens is 1. The molecule has 1 heterocycles. The summed E-state index contributed by atoms with van der Waals surface area (Å²) in [5.74, 6) is 0.424. The van der Waals surface area contributed by atoms with Gasteiger partial charge in [0.2, 0.25) is 5.91 Å². The van der Waals surface area contributed by atoms with Crippen LogP contribution in [0.1, 0.15) is 16.1 Å². The summed E-state index contributed by atoms with van der Waals surface area (Å²) in [7, 11) is 3.13. The highest BCUT2D eigenvalue weighted by Crippen LogP contribution is 2.25. The van der Waals surface area contributed by atoms with Crippen LogP contribution in [0.5, 0.6) is 5.75 Å². The molecule has 0 saturated heterocycles. The summed E-state index contributed by atoms with van der Waals surface area (Å²) in [6.45, 7) is 0.912. The molecule has 2 aromatic carbocycles. The van der Waals surface area contributed by atoms with Gasteiger partial charge in [-0.1, -0.05) is 47.6 Å². The summed E-state index contributed by atoms with van der Waals surface area (Å²) in [6, 6.07) is 18.3. The molecular weight excluding hydrogens is 398 g/mol. The highest BCUT2D eigenvalue weighted by Gasteiger charge is 2.23. The summed E-state index contributed by atoms with van der Waals surface area (Å²) in [5.41, 5.74) is 1.76. The lowest BCUT2D eigenvalue weighted by molar-refractivity contribution is -0.122. The number of benzene rings is 2. The van der Waals surface area contributed by atoms with Gasteiger partial charge in [-0.25, -0.2) is 0 Å². The van der Waals surface area contributed by atoms with Crippen molar-refractivity contribution in [2.24, 2.45) is 0 Å². The standard InChI is InChI=1S/C23H25N3O5/c1-29-12-11-24-22(27)16-26(15-17-7-4-3-5-8-17)23(28)20-14-21(31-25-20)18-9-6-10-19(13-18)30-2/h3-10,13-14H,11-12,15-16H2,1-2H3,(H,24,27). The van der Waals surface area contributed by atoms with Crippen LogP contribution in [-0.4, -0.2) is 55.8 Å². The third kappa shape index (κ3) is 6.16. The fourth-order valence-electron chi connectivity index (χ4n) is 2.98. The Kier molecular flexibility index (Phi) is 7.78. The van der Waals surface area contributed by atoms with Crippen molar-refractivity contribution in [2.45, 2.75) is 6.54 Å². The number of nitrogens with one attached hydrogen (secondary N) is 1. The Morgan fingerprint density at radius 2 is 1.87 bits per heavy atom. The Bertz CT molecular complexity index is 1000. The smallest absolute Gasteiger partial charge is 0.276 e. The Morgan fingerprint density at radius 3 is 2.61 bits per heavy atom. The van der Waals surface area contributed by atoms with Crippen LogP contribution in [-0.2, 0) is 16.1 Å². The van der Waals surface area contributed by atoms with Crippen LogP contribution in [0.3, 0.4) is 0 Å². The molecule has 162 valence electrons.